The van der Waals surface area contributed by atoms with Crippen LogP contribution >= 0.6 is 0 Å². The SMILES string of the molecule is N#Cc1nc2c(c(=O)[nH]1)CCCC2. The number of nitrogens with one attached hydrogen (secondary N) is 1. The second kappa shape index (κ2) is 3.02. The zero-order valence-corrected chi connectivity index (χ0v) is 7.13. The van der Waals surface area contributed by atoms with Gasteiger partial charge in [-0.15, -0.1) is 0 Å². The number of rotatable bonds is 0. The lowest BCUT2D eigenvalue weighted by Gasteiger charge is -2.12. The molecule has 0 atom stereocenters. The molecule has 1 heterocycles. The Morgan fingerprint density at radius 1 is 1.38 bits per heavy atom. The monoisotopic (exact) mass is 175 g/mol. The number of nitrogens with zero attached hydrogens (tertiary/aromatic N) is 2. The zero-order chi connectivity index (χ0) is 9.26. The molecule has 0 bridgehead atoms. The van der Waals surface area contributed by atoms with Crippen LogP contribution in [0.25, 0.3) is 0 Å². The summed E-state index contributed by atoms with van der Waals surface area (Å²) in [6.07, 6.45) is 3.73. The number of nitriles is 1. The van der Waals surface area contributed by atoms with Crippen LogP contribution in [-0.4, -0.2) is 9.97 Å². The maximum Gasteiger partial charge on any atom is 0.255 e. The molecule has 0 radical (unpaired) electrons. The zero-order valence-electron chi connectivity index (χ0n) is 7.13. The topological polar surface area (TPSA) is 69.5 Å². The summed E-state index contributed by atoms with van der Waals surface area (Å²) >= 11 is 0. The molecule has 1 aromatic rings. The van der Waals surface area contributed by atoms with Crippen molar-refractivity contribution in [2.24, 2.45) is 0 Å². The molecule has 0 fully saturated rings. The van der Waals surface area contributed by atoms with Gasteiger partial charge in [0.15, 0.2) is 0 Å². The normalized spacial score (nSPS) is 14.7. The van der Waals surface area contributed by atoms with Gasteiger partial charge in [0.05, 0.1) is 5.69 Å². The van der Waals surface area contributed by atoms with E-state index < -0.39 is 0 Å². The van der Waals surface area contributed by atoms with Crippen molar-refractivity contribution in [2.75, 3.05) is 0 Å². The summed E-state index contributed by atoms with van der Waals surface area (Å²) in [6.45, 7) is 0. The molecular formula is C9H9N3O. The van der Waals surface area contributed by atoms with E-state index in [4.69, 9.17) is 5.26 Å². The Bertz CT molecular complexity index is 427. The Labute approximate surface area is 75.2 Å². The summed E-state index contributed by atoms with van der Waals surface area (Å²) in [5.74, 6) is 0.130. The average molecular weight is 175 g/mol. The molecule has 0 amide bonds. The Balaban J connectivity index is 2.61. The van der Waals surface area contributed by atoms with E-state index in [0.717, 1.165) is 36.9 Å². The number of hydrogen-bond acceptors (Lipinski definition) is 3. The predicted molar refractivity (Wildman–Crippen MR) is 46.2 cm³/mol. The van der Waals surface area contributed by atoms with Crippen LogP contribution in [-0.2, 0) is 12.8 Å². The van der Waals surface area contributed by atoms with Crippen molar-refractivity contribution in [1.82, 2.24) is 9.97 Å². The Morgan fingerprint density at radius 3 is 2.92 bits per heavy atom. The van der Waals surface area contributed by atoms with Crippen LogP contribution in [0.15, 0.2) is 4.79 Å². The molecule has 1 aliphatic carbocycles. The Kier molecular flexibility index (Phi) is 1.85. The van der Waals surface area contributed by atoms with Crippen LogP contribution < -0.4 is 5.56 Å². The van der Waals surface area contributed by atoms with Gasteiger partial charge in [0.2, 0.25) is 5.82 Å². The number of H-pyrrole nitrogens is 1. The molecule has 0 spiro atoms. The van der Waals surface area contributed by atoms with Gasteiger partial charge in [0.25, 0.3) is 5.56 Å². The maximum atomic E-state index is 11.4. The summed E-state index contributed by atoms with van der Waals surface area (Å²) in [5, 5.41) is 8.58. The van der Waals surface area contributed by atoms with Gasteiger partial charge >= 0.3 is 0 Å². The van der Waals surface area contributed by atoms with Crippen molar-refractivity contribution in [2.45, 2.75) is 25.7 Å². The first kappa shape index (κ1) is 7.99. The van der Waals surface area contributed by atoms with E-state index in [-0.39, 0.29) is 11.4 Å². The third-order valence-corrected chi connectivity index (χ3v) is 2.30. The van der Waals surface area contributed by atoms with Crippen molar-refractivity contribution < 1.29 is 0 Å². The first-order valence-electron chi connectivity index (χ1n) is 4.33. The van der Waals surface area contributed by atoms with Gasteiger partial charge in [-0.1, -0.05) is 0 Å². The molecule has 0 saturated carbocycles. The molecule has 4 heteroatoms. The highest BCUT2D eigenvalue weighted by Gasteiger charge is 2.14. The number of fused-ring (bicyclic) bond motifs is 1. The highest BCUT2D eigenvalue weighted by molar-refractivity contribution is 5.23. The average Bonchev–Trinajstić information content (AvgIpc) is 2.18. The van der Waals surface area contributed by atoms with E-state index in [9.17, 15) is 4.79 Å². The Morgan fingerprint density at radius 2 is 2.15 bits per heavy atom. The summed E-state index contributed by atoms with van der Waals surface area (Å²) in [6, 6.07) is 1.85. The summed E-state index contributed by atoms with van der Waals surface area (Å²) in [7, 11) is 0. The summed E-state index contributed by atoms with van der Waals surface area (Å²) in [5.41, 5.74) is 1.44. The van der Waals surface area contributed by atoms with E-state index in [1.807, 2.05) is 6.07 Å². The van der Waals surface area contributed by atoms with Crippen molar-refractivity contribution in [3.63, 3.8) is 0 Å². The molecule has 0 aromatic carbocycles. The molecule has 0 aliphatic heterocycles. The second-order valence-electron chi connectivity index (χ2n) is 3.16. The number of aromatic nitrogens is 2. The highest BCUT2D eigenvalue weighted by Crippen LogP contribution is 2.15. The van der Waals surface area contributed by atoms with Crippen molar-refractivity contribution >= 4 is 0 Å². The standard InChI is InChI=1S/C9H9N3O/c10-5-8-11-7-4-2-1-3-6(7)9(13)12-8/h1-4H2,(H,11,12,13). The van der Waals surface area contributed by atoms with Crippen LogP contribution in [0.3, 0.4) is 0 Å². The van der Waals surface area contributed by atoms with Crippen LogP contribution in [0.5, 0.6) is 0 Å². The molecular weight excluding hydrogens is 166 g/mol. The summed E-state index contributed by atoms with van der Waals surface area (Å²) < 4.78 is 0. The van der Waals surface area contributed by atoms with Crippen molar-refractivity contribution in [3.05, 3.63) is 27.4 Å². The van der Waals surface area contributed by atoms with Gasteiger partial charge in [-0.3, -0.25) is 9.78 Å². The van der Waals surface area contributed by atoms with E-state index >= 15 is 0 Å². The molecule has 1 N–H and O–H groups in total. The molecule has 1 aliphatic rings. The lowest BCUT2D eigenvalue weighted by Crippen LogP contribution is -2.21. The van der Waals surface area contributed by atoms with Gasteiger partial charge in [-0.25, -0.2) is 4.98 Å². The first-order valence-corrected chi connectivity index (χ1v) is 4.33. The van der Waals surface area contributed by atoms with Gasteiger partial charge in [0, 0.05) is 5.56 Å². The number of hydrogen-bond donors (Lipinski definition) is 1. The fourth-order valence-corrected chi connectivity index (χ4v) is 1.66. The smallest absolute Gasteiger partial charge is 0.255 e. The first-order chi connectivity index (χ1) is 6.31. The van der Waals surface area contributed by atoms with Crippen molar-refractivity contribution in [3.8, 4) is 6.07 Å². The molecule has 4 nitrogen and oxygen atoms in total. The fourth-order valence-electron chi connectivity index (χ4n) is 1.66. The lowest BCUT2D eigenvalue weighted by atomic mass is 9.97. The highest BCUT2D eigenvalue weighted by atomic mass is 16.1. The van der Waals surface area contributed by atoms with Crippen LogP contribution in [0, 0.1) is 11.3 Å². The molecule has 2 rings (SSSR count). The molecule has 0 unspecified atom stereocenters. The van der Waals surface area contributed by atoms with Crippen LogP contribution in [0.2, 0.25) is 0 Å². The van der Waals surface area contributed by atoms with Gasteiger partial charge < -0.3 is 0 Å². The lowest BCUT2D eigenvalue weighted by molar-refractivity contribution is 0.654. The van der Waals surface area contributed by atoms with Gasteiger partial charge in [-0.2, -0.15) is 5.26 Å². The molecule has 66 valence electrons. The Hall–Kier alpha value is -1.63. The van der Waals surface area contributed by atoms with Crippen molar-refractivity contribution in [1.29, 1.82) is 5.26 Å². The van der Waals surface area contributed by atoms with E-state index in [1.54, 1.807) is 0 Å². The van der Waals surface area contributed by atoms with E-state index in [2.05, 4.69) is 9.97 Å². The van der Waals surface area contributed by atoms with E-state index in [1.165, 1.54) is 0 Å². The molecule has 13 heavy (non-hydrogen) atoms. The van der Waals surface area contributed by atoms with Crippen LogP contribution in [0.1, 0.15) is 29.9 Å². The molecule has 1 aromatic heterocycles. The fraction of sp³-hybridized carbons (Fsp3) is 0.444. The van der Waals surface area contributed by atoms with Gasteiger partial charge in [0.1, 0.15) is 6.07 Å². The van der Waals surface area contributed by atoms with E-state index in [0.29, 0.717) is 0 Å². The van der Waals surface area contributed by atoms with Gasteiger partial charge in [-0.05, 0) is 25.7 Å². The molecule has 0 saturated heterocycles. The maximum absolute atomic E-state index is 11.4. The summed E-state index contributed by atoms with van der Waals surface area (Å²) in [4.78, 5) is 17.9. The number of aryl methyl sites for hydroxylation is 1. The minimum absolute atomic E-state index is 0.130. The largest absolute Gasteiger partial charge is 0.298 e. The predicted octanol–water partition coefficient (Wildman–Crippen LogP) is 0.520. The second-order valence-corrected chi connectivity index (χ2v) is 3.16. The third kappa shape index (κ3) is 1.33. The quantitative estimate of drug-likeness (QED) is 0.625. The minimum Gasteiger partial charge on any atom is -0.298 e. The third-order valence-electron chi connectivity index (χ3n) is 2.30. The van der Waals surface area contributed by atoms with Crippen LogP contribution in [0.4, 0.5) is 0 Å². The number of aromatic amines is 1. The minimum atomic E-state index is -0.138.